The van der Waals surface area contributed by atoms with Crippen molar-refractivity contribution in [2.45, 2.75) is 11.0 Å². The number of aromatic nitrogens is 2. The van der Waals surface area contributed by atoms with Crippen molar-refractivity contribution in [1.82, 2.24) is 15.1 Å². The zero-order valence-corrected chi connectivity index (χ0v) is 20.3. The van der Waals surface area contributed by atoms with E-state index in [-0.39, 0.29) is 5.78 Å². The second kappa shape index (κ2) is 9.62. The first-order valence-electron chi connectivity index (χ1n) is 10.0. The van der Waals surface area contributed by atoms with Gasteiger partial charge in [-0.1, -0.05) is 34.2 Å². The summed E-state index contributed by atoms with van der Waals surface area (Å²) in [6, 6.07) is 11.1. The first kappa shape index (κ1) is 22.2. The molecule has 2 heterocycles. The molecule has 164 valence electrons. The molecule has 0 spiro atoms. The Morgan fingerprint density at radius 3 is 2.84 bits per heavy atom. The number of H-pyrrole nitrogens is 1. The Morgan fingerprint density at radius 1 is 1.26 bits per heavy atom. The Morgan fingerprint density at radius 2 is 2.10 bits per heavy atom. The van der Waals surface area contributed by atoms with Crippen LogP contribution in [0.3, 0.4) is 0 Å². The van der Waals surface area contributed by atoms with Gasteiger partial charge in [-0.25, -0.2) is 0 Å². The van der Waals surface area contributed by atoms with Crippen LogP contribution in [0.4, 0.5) is 5.82 Å². The Kier molecular flexibility index (Phi) is 6.88. The third kappa shape index (κ3) is 4.91. The fraction of sp³-hybridized carbons (Fsp3) is 0.364. The van der Waals surface area contributed by atoms with Gasteiger partial charge in [0.05, 0.1) is 16.7 Å². The van der Waals surface area contributed by atoms with Crippen molar-refractivity contribution >= 4 is 56.7 Å². The van der Waals surface area contributed by atoms with Crippen molar-refractivity contribution in [2.24, 2.45) is 0 Å². The summed E-state index contributed by atoms with van der Waals surface area (Å²) in [7, 11) is 1.58. The largest absolute Gasteiger partial charge is 0.493 e. The highest BCUT2D eigenvalue weighted by atomic mass is 127. The number of nitrogens with one attached hydrogen (secondary N) is 1. The maximum Gasteiger partial charge on any atom is 0.161 e. The first-order chi connectivity index (χ1) is 15.0. The van der Waals surface area contributed by atoms with Gasteiger partial charge in [-0.05, 0) is 43.3 Å². The smallest absolute Gasteiger partial charge is 0.161 e. The number of carbonyl (C=O) groups is 1. The highest BCUT2D eigenvalue weighted by Crippen LogP contribution is 2.30. The number of ether oxygens (including phenoxy) is 2. The molecule has 0 radical (unpaired) electrons. The van der Waals surface area contributed by atoms with Crippen LogP contribution in [0, 0.1) is 0 Å². The summed E-state index contributed by atoms with van der Waals surface area (Å²) < 4.78 is 11.7. The second-order valence-corrected chi connectivity index (χ2v) is 9.30. The van der Waals surface area contributed by atoms with Crippen LogP contribution < -0.4 is 14.4 Å². The van der Waals surface area contributed by atoms with Crippen LogP contribution in [-0.4, -0.2) is 64.8 Å². The van der Waals surface area contributed by atoms with Gasteiger partial charge in [0.2, 0.25) is 0 Å². The highest BCUT2D eigenvalue weighted by molar-refractivity contribution is 14.1. The zero-order chi connectivity index (χ0) is 22.0. The topological polar surface area (TPSA) is 70.7 Å². The summed E-state index contributed by atoms with van der Waals surface area (Å²) >= 11 is 8.56. The number of Topliss-reactive ketones (excluding diaryl/α,β-unsaturated/α-hetero) is 1. The fourth-order valence-electron chi connectivity index (χ4n) is 3.72. The van der Waals surface area contributed by atoms with Crippen LogP contribution in [0.1, 0.15) is 17.3 Å². The predicted molar refractivity (Wildman–Crippen MR) is 131 cm³/mol. The van der Waals surface area contributed by atoms with E-state index >= 15 is 0 Å². The van der Waals surface area contributed by atoms with E-state index in [1.165, 1.54) is 6.92 Å². The third-order valence-corrected chi connectivity index (χ3v) is 6.85. The van der Waals surface area contributed by atoms with E-state index in [0.29, 0.717) is 32.7 Å². The van der Waals surface area contributed by atoms with Gasteiger partial charge in [-0.15, -0.1) is 0 Å². The van der Waals surface area contributed by atoms with Gasteiger partial charge in [-0.2, -0.15) is 5.10 Å². The van der Waals surface area contributed by atoms with Gasteiger partial charge in [-0.3, -0.25) is 14.8 Å². The molecule has 4 rings (SSSR count). The normalized spacial score (nSPS) is 17.2. The lowest BCUT2D eigenvalue weighted by molar-refractivity contribution is 0.101. The molecule has 0 aliphatic carbocycles. The number of hydrogen-bond donors (Lipinski definition) is 1. The molecule has 9 heteroatoms. The molecular weight excluding hydrogens is 531 g/mol. The molecule has 1 aliphatic rings. The van der Waals surface area contributed by atoms with E-state index in [9.17, 15) is 4.79 Å². The number of alkyl halides is 1. The van der Waals surface area contributed by atoms with Crippen molar-refractivity contribution in [3.63, 3.8) is 0 Å². The molecule has 1 saturated heterocycles. The number of ketones is 1. The minimum Gasteiger partial charge on any atom is -0.493 e. The summed E-state index contributed by atoms with van der Waals surface area (Å²) in [6.07, 6.45) is 0. The van der Waals surface area contributed by atoms with Crippen molar-refractivity contribution in [3.8, 4) is 11.5 Å². The van der Waals surface area contributed by atoms with Crippen molar-refractivity contribution in [1.29, 1.82) is 0 Å². The van der Waals surface area contributed by atoms with E-state index < -0.39 is 0 Å². The molecule has 7 nitrogen and oxygen atoms in total. The number of rotatable bonds is 7. The number of halogens is 2. The van der Waals surface area contributed by atoms with E-state index in [0.717, 1.165) is 42.9 Å². The monoisotopic (exact) mass is 554 g/mol. The van der Waals surface area contributed by atoms with Crippen LogP contribution >= 0.6 is 34.2 Å². The number of benzene rings is 2. The summed E-state index contributed by atoms with van der Waals surface area (Å²) in [5, 5.41) is 9.39. The van der Waals surface area contributed by atoms with Crippen LogP contribution in [0.5, 0.6) is 11.5 Å². The van der Waals surface area contributed by atoms with E-state index in [1.807, 2.05) is 18.2 Å². The van der Waals surface area contributed by atoms with Gasteiger partial charge in [0.15, 0.2) is 23.1 Å². The number of aromatic amines is 1. The summed E-state index contributed by atoms with van der Waals surface area (Å²) in [5.74, 6) is 2.20. The van der Waals surface area contributed by atoms with Crippen LogP contribution in [0.25, 0.3) is 10.9 Å². The van der Waals surface area contributed by atoms with Gasteiger partial charge in [0, 0.05) is 42.2 Å². The molecule has 1 N–H and O–H groups in total. The number of carbonyl (C=O) groups excluding carboxylic acids is 1. The minimum atomic E-state index is 0.00302. The van der Waals surface area contributed by atoms with Crippen LogP contribution in [0.2, 0.25) is 5.02 Å². The van der Waals surface area contributed by atoms with Gasteiger partial charge in [0.1, 0.15) is 6.61 Å². The first-order valence-corrected chi connectivity index (χ1v) is 11.7. The quantitative estimate of drug-likeness (QED) is 0.202. The summed E-state index contributed by atoms with van der Waals surface area (Å²) in [6.45, 7) is 5.56. The van der Waals surface area contributed by atoms with Gasteiger partial charge < -0.3 is 14.4 Å². The molecule has 1 aromatic heterocycles. The second-order valence-electron chi connectivity index (χ2n) is 7.42. The molecule has 1 fully saturated rings. The Hall–Kier alpha value is -2.04. The minimum absolute atomic E-state index is 0.00302. The maximum atomic E-state index is 11.6. The molecule has 2 aromatic carbocycles. The molecule has 0 saturated carbocycles. The average molecular weight is 555 g/mol. The Bertz CT molecular complexity index is 1090. The fourth-order valence-corrected chi connectivity index (χ4v) is 4.92. The third-order valence-electron chi connectivity index (χ3n) is 5.43. The van der Waals surface area contributed by atoms with Crippen molar-refractivity contribution in [3.05, 3.63) is 47.0 Å². The van der Waals surface area contributed by atoms with Crippen LogP contribution in [-0.2, 0) is 0 Å². The standard InChI is InChI=1S/C22H24ClIN4O3/c1-14(29)15-3-6-19(20(11-15)30-2)31-10-9-27-7-8-28(13-21(27)24)22-17-5-4-16(23)12-18(17)25-26-22/h3-6,11-12,21H,7-10,13H2,1-2H3,(H,25,26). The summed E-state index contributed by atoms with van der Waals surface area (Å²) in [5.41, 5.74) is 1.56. The molecule has 1 unspecified atom stereocenters. The van der Waals surface area contributed by atoms with E-state index in [4.69, 9.17) is 21.1 Å². The molecule has 0 bridgehead atoms. The van der Waals surface area contributed by atoms with E-state index in [2.05, 4.69) is 42.6 Å². The molecule has 1 atom stereocenters. The molecular formula is C22H24ClIN4O3. The molecule has 31 heavy (non-hydrogen) atoms. The molecule has 3 aromatic rings. The van der Waals surface area contributed by atoms with Crippen LogP contribution in [0.15, 0.2) is 36.4 Å². The highest BCUT2D eigenvalue weighted by Gasteiger charge is 2.27. The number of piperazine rings is 1. The van der Waals surface area contributed by atoms with Gasteiger partial charge in [0.25, 0.3) is 0 Å². The van der Waals surface area contributed by atoms with Crippen molar-refractivity contribution < 1.29 is 14.3 Å². The average Bonchev–Trinajstić information content (AvgIpc) is 3.17. The Balaban J connectivity index is 1.34. The Labute approximate surface area is 199 Å². The lowest BCUT2D eigenvalue weighted by Gasteiger charge is -2.39. The lowest BCUT2D eigenvalue weighted by atomic mass is 10.1. The number of hydrogen-bond acceptors (Lipinski definition) is 6. The molecule has 1 aliphatic heterocycles. The van der Waals surface area contributed by atoms with Crippen molar-refractivity contribution in [2.75, 3.05) is 44.8 Å². The predicted octanol–water partition coefficient (Wildman–Crippen LogP) is 4.39. The number of fused-ring (bicyclic) bond motifs is 1. The lowest BCUT2D eigenvalue weighted by Crippen LogP contribution is -2.51. The maximum absolute atomic E-state index is 11.6. The number of nitrogens with zero attached hydrogens (tertiary/aromatic N) is 3. The number of methoxy groups -OCH3 is 1. The van der Waals surface area contributed by atoms with Gasteiger partial charge >= 0.3 is 0 Å². The SMILES string of the molecule is COc1cc(C(C)=O)ccc1OCCN1CCN(c2n[nH]c3cc(Cl)ccc23)CC1I. The van der Waals surface area contributed by atoms with E-state index in [1.54, 1.807) is 25.3 Å². The number of anilines is 1. The molecule has 0 amide bonds. The summed E-state index contributed by atoms with van der Waals surface area (Å²) in [4.78, 5) is 16.3. The zero-order valence-electron chi connectivity index (χ0n) is 17.4.